The summed E-state index contributed by atoms with van der Waals surface area (Å²) >= 11 is 6.15. The molecule has 0 aliphatic heterocycles. The summed E-state index contributed by atoms with van der Waals surface area (Å²) in [6, 6.07) is 13.4. The maximum absolute atomic E-state index is 13.4. The van der Waals surface area contributed by atoms with Gasteiger partial charge in [0, 0.05) is 11.1 Å². The Morgan fingerprint density at radius 3 is 2.72 bits per heavy atom. The fourth-order valence-electron chi connectivity index (χ4n) is 4.45. The number of halogens is 1. The highest BCUT2D eigenvalue weighted by Gasteiger charge is 2.22. The molecule has 8 heteroatoms. The molecule has 0 spiro atoms. The molecule has 2 aromatic heterocycles. The molecule has 0 bridgehead atoms. The van der Waals surface area contributed by atoms with Crippen LogP contribution in [0.3, 0.4) is 0 Å². The Kier molecular flexibility index (Phi) is 5.43. The van der Waals surface area contributed by atoms with Crippen LogP contribution in [-0.2, 0) is 6.54 Å². The zero-order chi connectivity index (χ0) is 22.2. The molecular weight excluding hydrogens is 426 g/mol. The van der Waals surface area contributed by atoms with Gasteiger partial charge < -0.3 is 5.32 Å². The number of benzene rings is 2. The summed E-state index contributed by atoms with van der Waals surface area (Å²) in [6.07, 6.45) is 5.36. The highest BCUT2D eigenvalue weighted by molar-refractivity contribution is 6.30. The first-order valence-corrected chi connectivity index (χ1v) is 11.3. The second-order valence-electron chi connectivity index (χ2n) is 8.49. The van der Waals surface area contributed by atoms with Crippen molar-refractivity contribution in [1.29, 1.82) is 0 Å². The van der Waals surface area contributed by atoms with Crippen molar-refractivity contribution in [1.82, 2.24) is 24.5 Å². The largest absolute Gasteiger partial charge is 0.347 e. The van der Waals surface area contributed by atoms with Crippen molar-refractivity contribution in [3.8, 4) is 0 Å². The fraction of sp³-hybridized carbons (Fsp3) is 0.333. The molecule has 1 saturated carbocycles. The number of nitrogens with zero attached hydrogens (tertiary/aromatic N) is 4. The molecule has 0 unspecified atom stereocenters. The number of amides is 1. The van der Waals surface area contributed by atoms with E-state index in [4.69, 9.17) is 11.6 Å². The van der Waals surface area contributed by atoms with E-state index in [1.54, 1.807) is 10.6 Å². The molecule has 1 aliphatic rings. The van der Waals surface area contributed by atoms with Gasteiger partial charge in [-0.3, -0.25) is 14.2 Å². The van der Waals surface area contributed by atoms with Crippen LogP contribution in [-0.4, -0.2) is 31.1 Å². The molecule has 1 fully saturated rings. The van der Waals surface area contributed by atoms with Crippen molar-refractivity contribution in [3.63, 3.8) is 0 Å². The normalized spacial score (nSPS) is 14.8. The van der Waals surface area contributed by atoms with Gasteiger partial charge in [0.1, 0.15) is 0 Å². The molecule has 1 aliphatic carbocycles. The first-order chi connectivity index (χ1) is 15.5. The highest BCUT2D eigenvalue weighted by Crippen LogP contribution is 2.20. The van der Waals surface area contributed by atoms with Gasteiger partial charge in [0.15, 0.2) is 0 Å². The van der Waals surface area contributed by atoms with Crippen LogP contribution in [0, 0.1) is 6.92 Å². The van der Waals surface area contributed by atoms with Crippen molar-refractivity contribution in [3.05, 3.63) is 74.8 Å². The van der Waals surface area contributed by atoms with E-state index in [2.05, 4.69) is 15.4 Å². The van der Waals surface area contributed by atoms with Crippen LogP contribution in [0.15, 0.2) is 47.3 Å². The Morgan fingerprint density at radius 2 is 1.94 bits per heavy atom. The molecule has 4 aromatic rings. The Morgan fingerprint density at radius 1 is 1.12 bits per heavy atom. The minimum absolute atomic E-state index is 0.0232. The van der Waals surface area contributed by atoms with Crippen molar-refractivity contribution in [2.24, 2.45) is 0 Å². The van der Waals surface area contributed by atoms with Crippen LogP contribution in [0.2, 0.25) is 5.02 Å². The predicted molar refractivity (Wildman–Crippen MR) is 124 cm³/mol. The maximum Gasteiger partial charge on any atom is 0.296 e. The van der Waals surface area contributed by atoms with Crippen molar-refractivity contribution in [2.75, 3.05) is 0 Å². The summed E-state index contributed by atoms with van der Waals surface area (Å²) < 4.78 is 3.15. The topological polar surface area (TPSA) is 81.3 Å². The fourth-order valence-corrected chi connectivity index (χ4v) is 4.66. The summed E-state index contributed by atoms with van der Waals surface area (Å²) in [6.45, 7) is 2.31. The standard InChI is InChI=1S/C24H24ClN5O2/c1-15-10-11-19-20(12-15)29(14-16-6-5-7-17(25)13-16)24(32)22-27-21(28-30(19)22)23(31)26-18-8-3-2-4-9-18/h5-7,10-13,18H,2-4,8-9,14H2,1H3,(H,26,31). The summed E-state index contributed by atoms with van der Waals surface area (Å²) in [7, 11) is 0. The number of fused-ring (bicyclic) bond motifs is 3. The lowest BCUT2D eigenvalue weighted by atomic mass is 9.95. The van der Waals surface area contributed by atoms with E-state index >= 15 is 0 Å². The van der Waals surface area contributed by atoms with Crippen molar-refractivity contribution >= 4 is 34.2 Å². The number of nitrogens with one attached hydrogen (secondary N) is 1. The number of aryl methyl sites for hydroxylation is 1. The molecule has 0 atom stereocenters. The monoisotopic (exact) mass is 449 g/mol. The molecule has 7 nitrogen and oxygen atoms in total. The summed E-state index contributed by atoms with van der Waals surface area (Å²) in [5, 5.41) is 8.06. The van der Waals surface area contributed by atoms with Gasteiger partial charge in [-0.15, -0.1) is 5.10 Å². The van der Waals surface area contributed by atoms with Crippen LogP contribution >= 0.6 is 11.6 Å². The van der Waals surface area contributed by atoms with E-state index in [-0.39, 0.29) is 29.0 Å². The molecule has 5 rings (SSSR count). The maximum atomic E-state index is 13.4. The molecule has 2 heterocycles. The van der Waals surface area contributed by atoms with E-state index in [9.17, 15) is 9.59 Å². The van der Waals surface area contributed by atoms with Gasteiger partial charge in [-0.25, -0.2) is 4.52 Å². The van der Waals surface area contributed by atoms with E-state index in [1.165, 1.54) is 10.9 Å². The van der Waals surface area contributed by atoms with E-state index < -0.39 is 0 Å². The average Bonchev–Trinajstić information content (AvgIpc) is 3.23. The summed E-state index contributed by atoms with van der Waals surface area (Å²) in [5.41, 5.74) is 3.21. The molecule has 0 radical (unpaired) electrons. The van der Waals surface area contributed by atoms with Crippen LogP contribution in [0.1, 0.15) is 53.8 Å². The first-order valence-electron chi connectivity index (χ1n) is 10.9. The molecular formula is C24H24ClN5O2. The molecule has 1 N–H and O–H groups in total. The average molecular weight is 450 g/mol. The molecule has 32 heavy (non-hydrogen) atoms. The molecule has 0 saturated heterocycles. The van der Waals surface area contributed by atoms with Crippen molar-refractivity contribution in [2.45, 2.75) is 51.6 Å². The Balaban J connectivity index is 1.62. The van der Waals surface area contributed by atoms with Gasteiger partial charge in [0.25, 0.3) is 11.5 Å². The third-order valence-corrected chi connectivity index (χ3v) is 6.30. The Bertz CT molecular complexity index is 1380. The quantitative estimate of drug-likeness (QED) is 0.508. The highest BCUT2D eigenvalue weighted by atomic mass is 35.5. The zero-order valence-electron chi connectivity index (χ0n) is 17.8. The van der Waals surface area contributed by atoms with Gasteiger partial charge in [0.2, 0.25) is 11.5 Å². The number of carbonyl (C=O) groups excluding carboxylic acids is 1. The molecule has 1 amide bonds. The Labute approximate surface area is 190 Å². The number of aromatic nitrogens is 4. The van der Waals surface area contributed by atoms with Crippen LogP contribution in [0.5, 0.6) is 0 Å². The van der Waals surface area contributed by atoms with Gasteiger partial charge in [-0.2, -0.15) is 4.98 Å². The van der Waals surface area contributed by atoms with Gasteiger partial charge in [0.05, 0.1) is 17.6 Å². The lowest BCUT2D eigenvalue weighted by molar-refractivity contribution is 0.0917. The number of hydrogen-bond acceptors (Lipinski definition) is 4. The predicted octanol–water partition coefficient (Wildman–Crippen LogP) is 4.12. The zero-order valence-corrected chi connectivity index (χ0v) is 18.6. The van der Waals surface area contributed by atoms with E-state index in [0.717, 1.165) is 47.8 Å². The number of carbonyl (C=O) groups is 1. The van der Waals surface area contributed by atoms with Gasteiger partial charge in [-0.05, 0) is 55.2 Å². The third kappa shape index (κ3) is 3.88. The third-order valence-electron chi connectivity index (χ3n) is 6.07. The SMILES string of the molecule is Cc1ccc2c(c1)n(Cc1cccc(Cl)c1)c(=O)c1nc(C(=O)NC3CCCCC3)nn12. The Hall–Kier alpha value is -3.19. The summed E-state index contributed by atoms with van der Waals surface area (Å²) in [4.78, 5) is 30.6. The number of hydrogen-bond donors (Lipinski definition) is 1. The lowest BCUT2D eigenvalue weighted by Crippen LogP contribution is -2.36. The van der Waals surface area contributed by atoms with Crippen LogP contribution < -0.4 is 10.9 Å². The van der Waals surface area contributed by atoms with Crippen LogP contribution in [0.25, 0.3) is 16.7 Å². The van der Waals surface area contributed by atoms with E-state index in [1.807, 2.05) is 43.3 Å². The summed E-state index contributed by atoms with van der Waals surface area (Å²) in [5.74, 6) is -0.309. The molecule has 164 valence electrons. The minimum atomic E-state index is -0.332. The first kappa shape index (κ1) is 20.7. The van der Waals surface area contributed by atoms with Crippen molar-refractivity contribution < 1.29 is 4.79 Å². The lowest BCUT2D eigenvalue weighted by Gasteiger charge is -2.21. The van der Waals surface area contributed by atoms with Gasteiger partial charge in [-0.1, -0.05) is 49.1 Å². The number of rotatable bonds is 4. The minimum Gasteiger partial charge on any atom is -0.347 e. The molecule has 2 aromatic carbocycles. The van der Waals surface area contributed by atoms with Gasteiger partial charge >= 0.3 is 0 Å². The smallest absolute Gasteiger partial charge is 0.296 e. The van der Waals surface area contributed by atoms with Crippen LogP contribution in [0.4, 0.5) is 0 Å². The second kappa shape index (κ2) is 8.39. The van der Waals surface area contributed by atoms with E-state index in [0.29, 0.717) is 11.6 Å². The second-order valence-corrected chi connectivity index (χ2v) is 8.93.